The van der Waals surface area contributed by atoms with Gasteiger partial charge in [0.2, 0.25) is 0 Å². The molecule has 2 heteroatoms. The topological polar surface area (TPSA) is 0 Å². The highest BCUT2D eigenvalue weighted by atomic mass is 31.1. The second kappa shape index (κ2) is 11.8. The summed E-state index contributed by atoms with van der Waals surface area (Å²) in [6.45, 7) is 2.75. The van der Waals surface area contributed by atoms with Crippen molar-refractivity contribution >= 4 is 26.5 Å². The van der Waals surface area contributed by atoms with Gasteiger partial charge in [0.05, 0.1) is 0 Å². The molecule has 0 N–H and O–H groups in total. The largest absolute Gasteiger partial charge is 0.0971 e. The Morgan fingerprint density at radius 2 is 1.06 bits per heavy atom. The summed E-state index contributed by atoms with van der Waals surface area (Å²) in [4.78, 5) is 0. The molecular formula is C31H44P2. The Morgan fingerprint density at radius 3 is 1.55 bits per heavy atom. The first kappa shape index (κ1) is 24.0. The fraction of sp³-hybridized carbons (Fsp3) is 0.613. The van der Waals surface area contributed by atoms with Crippen LogP contribution in [0.1, 0.15) is 90.4 Å². The maximum Gasteiger partial charge on any atom is -0.00945 e. The molecule has 3 aliphatic carbocycles. The van der Waals surface area contributed by atoms with Crippen LogP contribution < -0.4 is 10.6 Å². The van der Waals surface area contributed by atoms with E-state index in [0.29, 0.717) is 0 Å². The summed E-state index contributed by atoms with van der Waals surface area (Å²) in [7, 11) is -0.121. The predicted molar refractivity (Wildman–Crippen MR) is 150 cm³/mol. The lowest BCUT2D eigenvalue weighted by Crippen LogP contribution is -2.34. The first-order valence-corrected chi connectivity index (χ1v) is 17.0. The number of rotatable bonds is 7. The first-order valence-electron chi connectivity index (χ1n) is 14.0. The molecular weight excluding hydrogens is 434 g/mol. The van der Waals surface area contributed by atoms with Gasteiger partial charge in [-0.3, -0.25) is 0 Å². The van der Waals surface area contributed by atoms with Gasteiger partial charge in [-0.15, -0.1) is 0 Å². The minimum atomic E-state index is -0.273. The Morgan fingerprint density at radius 1 is 0.576 bits per heavy atom. The standard InChI is InChI=1S/C31H44P2/c1-25(32(26-15-6-2-7-16-26)27-17-8-3-9-18-27)30-23-14-24-31(30)33(28-19-10-4-11-20-28)29-21-12-5-13-22-29/h4-5,10-13,19-22,25-27,30-31H,2-3,6-9,14-18,23-24H2,1H3/t25-,30?,31-/m1/s1. The van der Waals surface area contributed by atoms with Crippen LogP contribution >= 0.6 is 15.8 Å². The van der Waals surface area contributed by atoms with Gasteiger partial charge in [-0.1, -0.05) is 120 Å². The van der Waals surface area contributed by atoms with Gasteiger partial charge in [-0.2, -0.15) is 0 Å². The third-order valence-electron chi connectivity index (χ3n) is 9.01. The molecule has 0 radical (unpaired) electrons. The highest BCUT2D eigenvalue weighted by molar-refractivity contribution is 7.73. The van der Waals surface area contributed by atoms with Gasteiger partial charge in [0, 0.05) is 0 Å². The lowest BCUT2D eigenvalue weighted by atomic mass is 9.99. The van der Waals surface area contributed by atoms with Gasteiger partial charge >= 0.3 is 0 Å². The van der Waals surface area contributed by atoms with E-state index in [-0.39, 0.29) is 15.8 Å². The van der Waals surface area contributed by atoms with Crippen LogP contribution in [0.15, 0.2) is 60.7 Å². The van der Waals surface area contributed by atoms with Crippen LogP contribution in [0.3, 0.4) is 0 Å². The number of hydrogen-bond donors (Lipinski definition) is 0. The Labute approximate surface area is 205 Å². The minimum Gasteiger partial charge on any atom is -0.0971 e. The van der Waals surface area contributed by atoms with Crippen molar-refractivity contribution in [1.82, 2.24) is 0 Å². The normalized spacial score (nSPS) is 26.2. The third-order valence-corrected chi connectivity index (χ3v) is 16.1. The first-order chi connectivity index (χ1) is 16.3. The predicted octanol–water partition coefficient (Wildman–Crippen LogP) is 8.82. The molecule has 0 bridgehead atoms. The number of hydrogen-bond acceptors (Lipinski definition) is 0. The van der Waals surface area contributed by atoms with Crippen LogP contribution in [0.4, 0.5) is 0 Å². The molecule has 3 atom stereocenters. The molecule has 0 heterocycles. The van der Waals surface area contributed by atoms with E-state index in [0.717, 1.165) is 28.6 Å². The highest BCUT2D eigenvalue weighted by Gasteiger charge is 2.44. The summed E-state index contributed by atoms with van der Waals surface area (Å²) in [5.74, 6) is 0.937. The average Bonchev–Trinajstić information content (AvgIpc) is 3.36. The third kappa shape index (κ3) is 5.60. The Bertz CT molecular complexity index is 765. The van der Waals surface area contributed by atoms with Gasteiger partial charge in [-0.25, -0.2) is 0 Å². The second-order valence-corrected chi connectivity index (χ2v) is 16.6. The van der Waals surface area contributed by atoms with E-state index in [2.05, 4.69) is 67.6 Å². The molecule has 5 rings (SSSR count). The van der Waals surface area contributed by atoms with Crippen molar-refractivity contribution in [2.45, 2.75) is 113 Å². The zero-order valence-electron chi connectivity index (χ0n) is 20.7. The molecule has 0 aromatic heterocycles. The van der Waals surface area contributed by atoms with Gasteiger partial charge in [0.1, 0.15) is 0 Å². The zero-order valence-corrected chi connectivity index (χ0v) is 22.5. The number of benzene rings is 2. The Balaban J connectivity index is 1.45. The van der Waals surface area contributed by atoms with Gasteiger partial charge in [0.25, 0.3) is 0 Å². The molecule has 0 nitrogen and oxygen atoms in total. The van der Waals surface area contributed by atoms with E-state index in [9.17, 15) is 0 Å². The molecule has 178 valence electrons. The summed E-state index contributed by atoms with van der Waals surface area (Å²) in [6.07, 6.45) is 19.6. The van der Waals surface area contributed by atoms with Crippen LogP contribution in [0.2, 0.25) is 0 Å². The van der Waals surface area contributed by atoms with Crippen LogP contribution in [0.5, 0.6) is 0 Å². The molecule has 33 heavy (non-hydrogen) atoms. The van der Waals surface area contributed by atoms with Crippen molar-refractivity contribution in [2.24, 2.45) is 5.92 Å². The monoisotopic (exact) mass is 478 g/mol. The minimum absolute atomic E-state index is 0.152. The molecule has 3 aliphatic rings. The van der Waals surface area contributed by atoms with Crippen molar-refractivity contribution in [3.63, 3.8) is 0 Å². The summed E-state index contributed by atoms with van der Waals surface area (Å²) in [6, 6.07) is 23.2. The molecule has 3 saturated carbocycles. The zero-order chi connectivity index (χ0) is 22.5. The van der Waals surface area contributed by atoms with E-state index in [1.54, 1.807) is 36.3 Å². The SMILES string of the molecule is C[C@H](C1CCC[C@H]1P(c1ccccc1)c1ccccc1)P(C1CCCCC1)C1CCCCC1. The van der Waals surface area contributed by atoms with Crippen LogP contribution in [-0.2, 0) is 0 Å². The lowest BCUT2D eigenvalue weighted by molar-refractivity contribution is 0.467. The molecule has 0 saturated heterocycles. The van der Waals surface area contributed by atoms with Crippen molar-refractivity contribution in [3.8, 4) is 0 Å². The fourth-order valence-electron chi connectivity index (χ4n) is 7.50. The van der Waals surface area contributed by atoms with Crippen molar-refractivity contribution < 1.29 is 0 Å². The van der Waals surface area contributed by atoms with E-state index in [1.807, 2.05) is 0 Å². The molecule has 3 fully saturated rings. The summed E-state index contributed by atoms with van der Waals surface area (Å²) >= 11 is 0. The smallest absolute Gasteiger partial charge is 0.00945 e. The second-order valence-electron chi connectivity index (χ2n) is 11.0. The van der Waals surface area contributed by atoms with E-state index < -0.39 is 0 Å². The van der Waals surface area contributed by atoms with Gasteiger partial charge in [-0.05, 0) is 85.6 Å². The van der Waals surface area contributed by atoms with Crippen molar-refractivity contribution in [1.29, 1.82) is 0 Å². The molecule has 0 aliphatic heterocycles. The van der Waals surface area contributed by atoms with Crippen LogP contribution in [-0.4, -0.2) is 22.6 Å². The van der Waals surface area contributed by atoms with Crippen LogP contribution in [0, 0.1) is 5.92 Å². The summed E-state index contributed by atoms with van der Waals surface area (Å²) in [5, 5.41) is 3.23. The average molecular weight is 479 g/mol. The maximum atomic E-state index is 2.75. The Kier molecular flexibility index (Phi) is 8.60. The molecule has 0 spiro atoms. The van der Waals surface area contributed by atoms with Crippen LogP contribution in [0.25, 0.3) is 0 Å². The quantitative estimate of drug-likeness (QED) is 0.349. The fourth-order valence-corrected chi connectivity index (χ4v) is 15.6. The Hall–Kier alpha value is -0.700. The van der Waals surface area contributed by atoms with Crippen molar-refractivity contribution in [3.05, 3.63) is 60.7 Å². The van der Waals surface area contributed by atoms with Crippen molar-refractivity contribution in [2.75, 3.05) is 0 Å². The molecule has 2 aromatic rings. The maximum absolute atomic E-state index is 2.75. The van der Waals surface area contributed by atoms with E-state index in [4.69, 9.17) is 0 Å². The van der Waals surface area contributed by atoms with Gasteiger partial charge in [0.15, 0.2) is 0 Å². The van der Waals surface area contributed by atoms with E-state index in [1.165, 1.54) is 57.8 Å². The highest BCUT2D eigenvalue weighted by Crippen LogP contribution is 2.64. The molecule has 0 amide bonds. The van der Waals surface area contributed by atoms with E-state index >= 15 is 0 Å². The van der Waals surface area contributed by atoms with Gasteiger partial charge < -0.3 is 0 Å². The summed E-state index contributed by atoms with van der Waals surface area (Å²) < 4.78 is 0. The summed E-state index contributed by atoms with van der Waals surface area (Å²) in [5.41, 5.74) is 3.98. The lowest BCUT2D eigenvalue weighted by Gasteiger charge is -2.46. The molecule has 1 unspecified atom stereocenters. The molecule has 2 aromatic carbocycles.